The molecule has 2 aromatic heterocycles. The van der Waals surface area contributed by atoms with Gasteiger partial charge in [0, 0.05) is 24.2 Å². The van der Waals surface area contributed by atoms with E-state index in [-0.39, 0.29) is 0 Å². The first-order chi connectivity index (χ1) is 18.7. The number of hydrogen-bond acceptors (Lipinski definition) is 5. The molecule has 0 fully saturated rings. The fourth-order valence-corrected chi connectivity index (χ4v) is 5.15. The second kappa shape index (κ2) is 10.9. The van der Waals surface area contributed by atoms with Crippen LogP contribution in [0.5, 0.6) is 11.5 Å². The highest BCUT2D eigenvalue weighted by Gasteiger charge is 2.37. The lowest BCUT2D eigenvalue weighted by Crippen LogP contribution is -2.36. The molecule has 5 rings (SSSR count). The van der Waals surface area contributed by atoms with Crippen molar-refractivity contribution in [1.82, 2.24) is 4.98 Å². The van der Waals surface area contributed by atoms with Crippen molar-refractivity contribution in [3.8, 4) is 11.5 Å². The van der Waals surface area contributed by atoms with Gasteiger partial charge in [0.2, 0.25) is 0 Å². The van der Waals surface area contributed by atoms with Gasteiger partial charge in [0.05, 0.1) is 11.2 Å². The van der Waals surface area contributed by atoms with Crippen molar-refractivity contribution < 1.29 is 31.8 Å². The number of hydrogen-bond donors (Lipinski definition) is 1. The summed E-state index contributed by atoms with van der Waals surface area (Å²) < 4.78 is 61.4. The van der Waals surface area contributed by atoms with Crippen LogP contribution in [0.2, 0.25) is 0 Å². The van der Waals surface area contributed by atoms with E-state index in [0.717, 1.165) is 23.1 Å². The van der Waals surface area contributed by atoms with E-state index < -0.39 is 36.2 Å². The molecule has 6 nitrogen and oxygen atoms in total. The average molecular weight is 540 g/mol. The zero-order valence-corrected chi connectivity index (χ0v) is 20.6. The van der Waals surface area contributed by atoms with E-state index in [0.29, 0.717) is 28.8 Å². The van der Waals surface area contributed by atoms with Crippen LogP contribution in [0.25, 0.3) is 0 Å². The standard InChI is InChI=1S/C29H25F4N3O3/c30-27(31)38-24-7-5-20(16-25(24)39-28(32)33)22(15-18-10-13-36(37)14-11-18)21-6-8-26(35-17-21)29(34)12-9-19-3-1-2-4-23(19)29/h1-8,10-11,13-14,16-17,22,27-28H,9,12,15,34H2. The first kappa shape index (κ1) is 26.4. The molecule has 0 saturated carbocycles. The molecule has 10 heteroatoms. The van der Waals surface area contributed by atoms with Crippen molar-refractivity contribution in [2.45, 2.75) is 43.9 Å². The zero-order valence-electron chi connectivity index (χ0n) is 20.6. The number of aryl methyl sites for hydroxylation is 1. The van der Waals surface area contributed by atoms with Crippen molar-refractivity contribution in [3.05, 3.63) is 124 Å². The van der Waals surface area contributed by atoms with Gasteiger partial charge in [-0.3, -0.25) is 4.98 Å². The summed E-state index contributed by atoms with van der Waals surface area (Å²) in [6.45, 7) is -6.45. The highest BCUT2D eigenvalue weighted by Crippen LogP contribution is 2.40. The van der Waals surface area contributed by atoms with Crippen LogP contribution in [-0.4, -0.2) is 18.2 Å². The Labute approximate surface area is 222 Å². The highest BCUT2D eigenvalue weighted by molar-refractivity contribution is 5.48. The third-order valence-corrected chi connectivity index (χ3v) is 7.05. The van der Waals surface area contributed by atoms with Crippen molar-refractivity contribution in [2.75, 3.05) is 0 Å². The lowest BCUT2D eigenvalue weighted by Gasteiger charge is -2.26. The van der Waals surface area contributed by atoms with Crippen LogP contribution < -0.4 is 19.9 Å². The normalized spacial score (nSPS) is 17.3. The maximum atomic E-state index is 13.1. The Morgan fingerprint density at radius 3 is 2.28 bits per heavy atom. The molecule has 2 heterocycles. The SMILES string of the molecule is NC1(c2ccc(C(Cc3cc[n+]([O-])cc3)c3ccc(OC(F)F)c(OC(F)F)c3)cn2)CCc2ccccc21. The number of ether oxygens (including phenoxy) is 2. The van der Waals surface area contributed by atoms with Crippen LogP contribution in [-0.2, 0) is 18.4 Å². The summed E-state index contributed by atoms with van der Waals surface area (Å²) in [5.41, 5.74) is 11.0. The molecular weight excluding hydrogens is 514 g/mol. The molecular formula is C29H25F4N3O3. The van der Waals surface area contributed by atoms with E-state index in [2.05, 4.69) is 15.5 Å². The Kier molecular flexibility index (Phi) is 7.38. The van der Waals surface area contributed by atoms with Crippen LogP contribution in [0.15, 0.2) is 85.3 Å². The minimum atomic E-state index is -3.24. The molecule has 1 aliphatic carbocycles. The number of benzene rings is 2. The molecule has 2 atom stereocenters. The summed E-state index contributed by atoms with van der Waals surface area (Å²) in [5, 5.41) is 11.5. The summed E-state index contributed by atoms with van der Waals surface area (Å²) in [6.07, 6.45) is 6.31. The molecule has 39 heavy (non-hydrogen) atoms. The third kappa shape index (κ3) is 5.65. The minimum Gasteiger partial charge on any atom is -0.619 e. The Hall–Kier alpha value is -4.18. The molecule has 1 aliphatic rings. The molecule has 2 unspecified atom stereocenters. The summed E-state index contributed by atoms with van der Waals surface area (Å²) in [7, 11) is 0. The fourth-order valence-electron chi connectivity index (χ4n) is 5.15. The van der Waals surface area contributed by atoms with Crippen molar-refractivity contribution in [2.24, 2.45) is 5.73 Å². The van der Waals surface area contributed by atoms with E-state index in [9.17, 15) is 22.8 Å². The lowest BCUT2D eigenvalue weighted by atomic mass is 9.85. The highest BCUT2D eigenvalue weighted by atomic mass is 19.3. The van der Waals surface area contributed by atoms with E-state index >= 15 is 0 Å². The van der Waals surface area contributed by atoms with Crippen LogP contribution >= 0.6 is 0 Å². The number of fused-ring (bicyclic) bond motifs is 1. The number of pyridine rings is 2. The maximum absolute atomic E-state index is 13.1. The van der Waals surface area contributed by atoms with Gasteiger partial charge in [-0.1, -0.05) is 36.4 Å². The largest absolute Gasteiger partial charge is 0.619 e. The molecule has 2 N–H and O–H groups in total. The predicted molar refractivity (Wildman–Crippen MR) is 135 cm³/mol. The molecule has 0 amide bonds. The van der Waals surface area contributed by atoms with Gasteiger partial charge in [-0.2, -0.15) is 22.3 Å². The molecule has 2 aromatic carbocycles. The van der Waals surface area contributed by atoms with Gasteiger partial charge in [-0.15, -0.1) is 0 Å². The Bertz CT molecular complexity index is 1430. The van der Waals surface area contributed by atoms with E-state index in [4.69, 9.17) is 10.7 Å². The molecule has 4 aromatic rings. The van der Waals surface area contributed by atoms with Gasteiger partial charge in [0.15, 0.2) is 23.9 Å². The van der Waals surface area contributed by atoms with Gasteiger partial charge < -0.3 is 20.4 Å². The lowest BCUT2D eigenvalue weighted by molar-refractivity contribution is -0.605. The average Bonchev–Trinajstić information content (AvgIpc) is 3.27. The quantitative estimate of drug-likeness (QED) is 0.174. The van der Waals surface area contributed by atoms with Crippen molar-refractivity contribution in [3.63, 3.8) is 0 Å². The van der Waals surface area contributed by atoms with Crippen molar-refractivity contribution >= 4 is 0 Å². The van der Waals surface area contributed by atoms with E-state index in [1.54, 1.807) is 18.3 Å². The van der Waals surface area contributed by atoms with Gasteiger partial charge in [0.25, 0.3) is 0 Å². The predicted octanol–water partition coefficient (Wildman–Crippen LogP) is 5.44. The summed E-state index contributed by atoms with van der Waals surface area (Å²) >= 11 is 0. The van der Waals surface area contributed by atoms with Crippen LogP contribution in [0.1, 0.15) is 45.8 Å². The third-order valence-electron chi connectivity index (χ3n) is 7.05. The smallest absolute Gasteiger partial charge is 0.387 e. The number of alkyl halides is 4. The van der Waals surface area contributed by atoms with Crippen LogP contribution in [0.3, 0.4) is 0 Å². The summed E-state index contributed by atoms with van der Waals surface area (Å²) in [5.74, 6) is -1.45. The number of rotatable bonds is 9. The molecule has 0 radical (unpaired) electrons. The fraction of sp³-hybridized carbons (Fsp3) is 0.241. The van der Waals surface area contributed by atoms with Crippen LogP contribution in [0, 0.1) is 5.21 Å². The maximum Gasteiger partial charge on any atom is 0.387 e. The van der Waals surface area contributed by atoms with E-state index in [1.807, 2.05) is 30.3 Å². The number of aromatic nitrogens is 2. The second-order valence-electron chi connectivity index (χ2n) is 9.39. The first-order valence-corrected chi connectivity index (χ1v) is 12.3. The molecule has 0 saturated heterocycles. The van der Waals surface area contributed by atoms with Crippen LogP contribution in [0.4, 0.5) is 17.6 Å². The Balaban J connectivity index is 1.53. The van der Waals surface area contributed by atoms with Gasteiger partial charge >= 0.3 is 13.2 Å². The van der Waals surface area contributed by atoms with Gasteiger partial charge in [0.1, 0.15) is 0 Å². The van der Waals surface area contributed by atoms with Crippen molar-refractivity contribution in [1.29, 1.82) is 0 Å². The molecule has 202 valence electrons. The van der Waals surface area contributed by atoms with E-state index in [1.165, 1.54) is 36.2 Å². The molecule has 0 bridgehead atoms. The first-order valence-electron chi connectivity index (χ1n) is 12.3. The zero-order chi connectivity index (χ0) is 27.6. The Morgan fingerprint density at radius 1 is 0.897 bits per heavy atom. The van der Waals surface area contributed by atoms with Gasteiger partial charge in [-0.25, -0.2) is 0 Å². The summed E-state index contributed by atoms with van der Waals surface area (Å²) in [6, 6.07) is 19.0. The molecule has 0 aliphatic heterocycles. The number of nitrogens with two attached hydrogens (primary N) is 1. The number of halogens is 4. The van der Waals surface area contributed by atoms with Gasteiger partial charge in [-0.05, 0) is 65.3 Å². The summed E-state index contributed by atoms with van der Waals surface area (Å²) in [4.78, 5) is 4.71. The molecule has 0 spiro atoms. The topological polar surface area (TPSA) is 84.3 Å². The number of nitrogens with zero attached hydrogens (tertiary/aromatic N) is 2. The monoisotopic (exact) mass is 539 g/mol. The Morgan fingerprint density at radius 2 is 1.59 bits per heavy atom. The minimum absolute atomic E-state index is 0.363. The second-order valence-corrected chi connectivity index (χ2v) is 9.39.